The third-order valence-electron chi connectivity index (χ3n) is 4.23. The molecule has 2 atom stereocenters. The van der Waals surface area contributed by atoms with Gasteiger partial charge in [-0.25, -0.2) is 4.98 Å². The van der Waals surface area contributed by atoms with Crippen LogP contribution in [-0.2, 0) is 9.53 Å². The molecule has 9 heteroatoms. The van der Waals surface area contributed by atoms with Crippen molar-refractivity contribution in [3.05, 3.63) is 90.4 Å². The number of hydrogen-bond acceptors (Lipinski definition) is 6. The summed E-state index contributed by atoms with van der Waals surface area (Å²) in [6.07, 6.45) is 1.59. The van der Waals surface area contributed by atoms with Gasteiger partial charge in [0.1, 0.15) is 6.61 Å². The highest BCUT2D eigenvalue weighted by molar-refractivity contribution is 7.99. The summed E-state index contributed by atoms with van der Waals surface area (Å²) in [5.41, 5.74) is -0.286. The SMILES string of the molecule is C=C/C=C(\C=C(/C)COC(=O)C(CSc1ccccn1)C(O)c1cccnc1)C(F)(F)F. The second-order valence-corrected chi connectivity index (χ2v) is 7.81. The van der Waals surface area contributed by atoms with E-state index in [1.54, 1.807) is 36.5 Å². The van der Waals surface area contributed by atoms with Crippen molar-refractivity contribution in [2.75, 3.05) is 12.4 Å². The molecule has 0 aliphatic heterocycles. The monoisotopic (exact) mass is 464 g/mol. The molecular formula is C23H23F3N2O3S. The van der Waals surface area contributed by atoms with Gasteiger partial charge in [0, 0.05) is 24.3 Å². The molecule has 32 heavy (non-hydrogen) atoms. The van der Waals surface area contributed by atoms with Gasteiger partial charge in [-0.15, -0.1) is 11.8 Å². The van der Waals surface area contributed by atoms with Gasteiger partial charge in [0.2, 0.25) is 0 Å². The van der Waals surface area contributed by atoms with Crippen molar-refractivity contribution in [2.45, 2.75) is 24.2 Å². The molecule has 0 saturated carbocycles. The molecule has 0 aliphatic rings. The van der Waals surface area contributed by atoms with Gasteiger partial charge in [0.05, 0.1) is 22.6 Å². The molecule has 0 amide bonds. The molecule has 5 nitrogen and oxygen atoms in total. The van der Waals surface area contributed by atoms with E-state index in [-0.39, 0.29) is 17.9 Å². The topological polar surface area (TPSA) is 72.3 Å². The zero-order valence-corrected chi connectivity index (χ0v) is 18.1. The van der Waals surface area contributed by atoms with Crippen molar-refractivity contribution in [3.8, 4) is 0 Å². The van der Waals surface area contributed by atoms with Crippen LogP contribution in [0.5, 0.6) is 0 Å². The molecular weight excluding hydrogens is 441 g/mol. The maximum atomic E-state index is 13.0. The van der Waals surface area contributed by atoms with E-state index < -0.39 is 29.7 Å². The Balaban J connectivity index is 2.13. The second kappa shape index (κ2) is 12.2. The van der Waals surface area contributed by atoms with E-state index in [1.807, 2.05) is 0 Å². The fourth-order valence-corrected chi connectivity index (χ4v) is 3.61. The number of aliphatic hydroxyl groups excluding tert-OH is 1. The van der Waals surface area contributed by atoms with Gasteiger partial charge in [-0.05, 0) is 42.3 Å². The summed E-state index contributed by atoms with van der Waals surface area (Å²) in [4.78, 5) is 20.9. The molecule has 0 aliphatic carbocycles. The average molecular weight is 465 g/mol. The van der Waals surface area contributed by atoms with Crippen LogP contribution in [0, 0.1) is 5.92 Å². The third kappa shape index (κ3) is 7.97. The van der Waals surface area contributed by atoms with Crippen LogP contribution >= 0.6 is 11.8 Å². The van der Waals surface area contributed by atoms with E-state index in [2.05, 4.69) is 16.5 Å². The number of esters is 1. The fourth-order valence-electron chi connectivity index (χ4n) is 2.63. The van der Waals surface area contributed by atoms with Gasteiger partial charge < -0.3 is 9.84 Å². The Morgan fingerprint density at radius 1 is 1.28 bits per heavy atom. The molecule has 0 spiro atoms. The summed E-state index contributed by atoms with van der Waals surface area (Å²) in [6.45, 7) is 4.35. The largest absolute Gasteiger partial charge is 0.461 e. The van der Waals surface area contributed by atoms with Crippen molar-refractivity contribution in [1.82, 2.24) is 9.97 Å². The predicted octanol–water partition coefficient (Wildman–Crippen LogP) is 5.08. The number of rotatable bonds is 10. The van der Waals surface area contributed by atoms with Crippen molar-refractivity contribution in [2.24, 2.45) is 5.92 Å². The Bertz CT molecular complexity index is 948. The highest BCUT2D eigenvalue weighted by Gasteiger charge is 2.32. The minimum absolute atomic E-state index is 0.152. The number of pyridine rings is 2. The van der Waals surface area contributed by atoms with Crippen molar-refractivity contribution >= 4 is 17.7 Å². The number of aromatic nitrogens is 2. The normalized spacial score (nSPS) is 14.5. The van der Waals surface area contributed by atoms with E-state index in [9.17, 15) is 23.1 Å². The molecule has 170 valence electrons. The standard InChI is InChI=1S/C23H23F3N2O3S/c1-3-7-18(23(24,25)26)12-16(2)14-31-22(30)19(15-32-20-9-4-5-11-28-20)21(29)17-8-6-10-27-13-17/h3-13,19,21,29H,1,14-15H2,2H3/b16-12+,18-7+. The molecule has 2 aromatic rings. The van der Waals surface area contributed by atoms with E-state index in [4.69, 9.17) is 4.74 Å². The van der Waals surface area contributed by atoms with Gasteiger partial charge in [0.15, 0.2) is 0 Å². The summed E-state index contributed by atoms with van der Waals surface area (Å²) < 4.78 is 44.3. The molecule has 2 heterocycles. The number of allylic oxidation sites excluding steroid dienone is 4. The van der Waals surface area contributed by atoms with Crippen LogP contribution in [-0.4, -0.2) is 39.6 Å². The predicted molar refractivity (Wildman–Crippen MR) is 117 cm³/mol. The summed E-state index contributed by atoms with van der Waals surface area (Å²) in [7, 11) is 0. The summed E-state index contributed by atoms with van der Waals surface area (Å²) in [5.74, 6) is -1.57. The highest BCUT2D eigenvalue weighted by Crippen LogP contribution is 2.30. The number of ether oxygens (including phenoxy) is 1. The number of carbonyl (C=O) groups is 1. The fraction of sp³-hybridized carbons (Fsp3) is 0.261. The summed E-state index contributed by atoms with van der Waals surface area (Å²) in [5, 5.41) is 11.4. The Morgan fingerprint density at radius 2 is 2.06 bits per heavy atom. The molecule has 0 aromatic carbocycles. The van der Waals surface area contributed by atoms with Crippen LogP contribution in [0.3, 0.4) is 0 Å². The number of alkyl halides is 3. The number of halogens is 3. The van der Waals surface area contributed by atoms with Gasteiger partial charge in [-0.3, -0.25) is 9.78 Å². The highest BCUT2D eigenvalue weighted by atomic mass is 32.2. The Hall–Kier alpha value is -2.91. The molecule has 1 N–H and O–H groups in total. The first kappa shape index (κ1) is 25.4. The van der Waals surface area contributed by atoms with E-state index in [0.717, 1.165) is 18.2 Å². The number of hydrogen-bond donors (Lipinski definition) is 1. The molecule has 0 radical (unpaired) electrons. The zero-order valence-electron chi connectivity index (χ0n) is 17.3. The van der Waals surface area contributed by atoms with Gasteiger partial charge >= 0.3 is 12.1 Å². The molecule has 0 saturated heterocycles. The second-order valence-electron chi connectivity index (χ2n) is 6.77. The van der Waals surface area contributed by atoms with E-state index in [0.29, 0.717) is 10.6 Å². The molecule has 2 aromatic heterocycles. The molecule has 2 unspecified atom stereocenters. The first-order valence-corrected chi connectivity index (χ1v) is 10.6. The van der Waals surface area contributed by atoms with Crippen LogP contribution < -0.4 is 0 Å². The molecule has 2 rings (SSSR count). The lowest BCUT2D eigenvalue weighted by Gasteiger charge is -2.21. The lowest BCUT2D eigenvalue weighted by atomic mass is 9.99. The van der Waals surface area contributed by atoms with Crippen LogP contribution in [0.25, 0.3) is 0 Å². The van der Waals surface area contributed by atoms with Gasteiger partial charge in [0.25, 0.3) is 0 Å². The molecule has 0 fully saturated rings. The maximum absolute atomic E-state index is 13.0. The van der Waals surface area contributed by atoms with Crippen LogP contribution in [0.2, 0.25) is 0 Å². The first-order chi connectivity index (χ1) is 15.2. The van der Waals surface area contributed by atoms with Crippen molar-refractivity contribution in [1.29, 1.82) is 0 Å². The van der Waals surface area contributed by atoms with Crippen LogP contribution in [0.4, 0.5) is 13.2 Å². The molecule has 0 bridgehead atoms. The van der Waals surface area contributed by atoms with Crippen molar-refractivity contribution < 1.29 is 27.8 Å². The van der Waals surface area contributed by atoms with Crippen LogP contribution in [0.15, 0.2) is 89.9 Å². The smallest absolute Gasteiger partial charge is 0.416 e. The maximum Gasteiger partial charge on any atom is 0.416 e. The van der Waals surface area contributed by atoms with E-state index in [1.165, 1.54) is 31.1 Å². The lowest BCUT2D eigenvalue weighted by Crippen LogP contribution is -2.27. The number of thioether (sulfide) groups is 1. The average Bonchev–Trinajstić information content (AvgIpc) is 2.78. The minimum Gasteiger partial charge on any atom is -0.461 e. The summed E-state index contributed by atoms with van der Waals surface area (Å²) in [6, 6.07) is 8.57. The first-order valence-electron chi connectivity index (χ1n) is 9.58. The Labute approximate surface area is 188 Å². The minimum atomic E-state index is -4.56. The Kier molecular flexibility index (Phi) is 9.67. The lowest BCUT2D eigenvalue weighted by molar-refractivity contribution is -0.150. The quantitative estimate of drug-likeness (QED) is 0.300. The summed E-state index contributed by atoms with van der Waals surface area (Å²) >= 11 is 1.26. The zero-order chi connectivity index (χ0) is 23.6. The number of carbonyl (C=O) groups excluding carboxylic acids is 1. The number of nitrogens with zero attached hydrogens (tertiary/aromatic N) is 2. The van der Waals surface area contributed by atoms with Gasteiger partial charge in [-0.2, -0.15) is 13.2 Å². The third-order valence-corrected chi connectivity index (χ3v) is 5.29. The Morgan fingerprint density at radius 3 is 2.66 bits per heavy atom. The van der Waals surface area contributed by atoms with Gasteiger partial charge in [-0.1, -0.05) is 30.9 Å². The van der Waals surface area contributed by atoms with Crippen LogP contribution in [0.1, 0.15) is 18.6 Å². The van der Waals surface area contributed by atoms with E-state index >= 15 is 0 Å². The number of aliphatic hydroxyl groups is 1. The van der Waals surface area contributed by atoms with Crippen molar-refractivity contribution in [3.63, 3.8) is 0 Å².